The van der Waals surface area contributed by atoms with Gasteiger partial charge in [0.2, 0.25) is 0 Å². The molecule has 2 aromatic carbocycles. The van der Waals surface area contributed by atoms with E-state index in [0.717, 1.165) is 21.3 Å². The van der Waals surface area contributed by atoms with Gasteiger partial charge in [0, 0.05) is 15.6 Å². The summed E-state index contributed by atoms with van der Waals surface area (Å²) in [6.45, 7) is 2.55. The molecule has 0 heterocycles. The van der Waals surface area contributed by atoms with Gasteiger partial charge in [0.05, 0.1) is 17.1 Å². The Labute approximate surface area is 137 Å². The van der Waals surface area contributed by atoms with Crippen LogP contribution in [-0.2, 0) is 0 Å². The maximum Gasteiger partial charge on any atom is 0.133 e. The normalized spacial score (nSPS) is 12.2. The summed E-state index contributed by atoms with van der Waals surface area (Å²) < 4.78 is 6.34. The smallest absolute Gasteiger partial charge is 0.133 e. The topological polar surface area (TPSA) is 35.2 Å². The Morgan fingerprint density at radius 3 is 2.40 bits per heavy atom. The molecule has 0 amide bonds. The number of nitrogens with two attached hydrogens (primary N) is 1. The minimum atomic E-state index is -0.386. The summed E-state index contributed by atoms with van der Waals surface area (Å²) in [6.07, 6.45) is 0. The molecule has 20 heavy (non-hydrogen) atoms. The molecular formula is C15H14BrCl2NO. The van der Waals surface area contributed by atoms with Crippen LogP contribution in [0.5, 0.6) is 5.75 Å². The number of rotatable bonds is 4. The van der Waals surface area contributed by atoms with E-state index < -0.39 is 0 Å². The molecule has 0 fully saturated rings. The molecule has 0 radical (unpaired) electrons. The second-order valence-corrected chi connectivity index (χ2v) is 5.90. The molecule has 2 nitrogen and oxygen atoms in total. The summed E-state index contributed by atoms with van der Waals surface area (Å²) in [6, 6.07) is 10.7. The van der Waals surface area contributed by atoms with Crippen molar-refractivity contribution in [3.05, 3.63) is 62.0 Å². The molecule has 0 saturated heterocycles. The zero-order chi connectivity index (χ0) is 14.7. The van der Waals surface area contributed by atoms with Crippen molar-refractivity contribution in [1.82, 2.24) is 0 Å². The molecule has 0 saturated carbocycles. The fourth-order valence-corrected chi connectivity index (χ4v) is 3.10. The average Bonchev–Trinajstić information content (AvgIpc) is 2.41. The number of benzene rings is 2. The molecule has 0 aliphatic heterocycles. The number of ether oxygens (including phenoxy) is 1. The van der Waals surface area contributed by atoms with Gasteiger partial charge in [-0.25, -0.2) is 0 Å². The van der Waals surface area contributed by atoms with Gasteiger partial charge in [-0.05, 0) is 52.7 Å². The maximum absolute atomic E-state index is 6.28. The van der Waals surface area contributed by atoms with Gasteiger partial charge < -0.3 is 10.5 Å². The van der Waals surface area contributed by atoms with Crippen molar-refractivity contribution in [3.63, 3.8) is 0 Å². The van der Waals surface area contributed by atoms with Gasteiger partial charge in [0.1, 0.15) is 5.75 Å². The van der Waals surface area contributed by atoms with Gasteiger partial charge in [-0.3, -0.25) is 0 Å². The van der Waals surface area contributed by atoms with E-state index in [1.54, 1.807) is 18.2 Å². The van der Waals surface area contributed by atoms with Crippen LogP contribution in [0, 0.1) is 0 Å². The van der Waals surface area contributed by atoms with Crippen LogP contribution in [-0.4, -0.2) is 6.61 Å². The van der Waals surface area contributed by atoms with Crippen molar-refractivity contribution in [2.24, 2.45) is 5.73 Å². The number of hydrogen-bond acceptors (Lipinski definition) is 2. The zero-order valence-electron chi connectivity index (χ0n) is 10.9. The van der Waals surface area contributed by atoms with Crippen LogP contribution in [0.2, 0.25) is 10.0 Å². The van der Waals surface area contributed by atoms with Crippen molar-refractivity contribution >= 4 is 39.1 Å². The largest absolute Gasteiger partial charge is 0.493 e. The van der Waals surface area contributed by atoms with Crippen LogP contribution < -0.4 is 10.5 Å². The van der Waals surface area contributed by atoms with Crippen molar-refractivity contribution < 1.29 is 4.74 Å². The van der Waals surface area contributed by atoms with Crippen LogP contribution in [0.3, 0.4) is 0 Å². The lowest BCUT2D eigenvalue weighted by Gasteiger charge is -2.17. The first-order valence-electron chi connectivity index (χ1n) is 6.16. The summed E-state index contributed by atoms with van der Waals surface area (Å²) in [7, 11) is 0. The second kappa shape index (κ2) is 6.81. The summed E-state index contributed by atoms with van der Waals surface area (Å²) in [5.41, 5.74) is 7.92. The van der Waals surface area contributed by atoms with E-state index in [2.05, 4.69) is 15.9 Å². The van der Waals surface area contributed by atoms with Crippen molar-refractivity contribution in [2.45, 2.75) is 13.0 Å². The van der Waals surface area contributed by atoms with Crippen molar-refractivity contribution in [3.8, 4) is 5.75 Å². The highest BCUT2D eigenvalue weighted by Crippen LogP contribution is 2.35. The Balaban J connectivity index is 2.39. The van der Waals surface area contributed by atoms with Crippen molar-refractivity contribution in [1.29, 1.82) is 0 Å². The van der Waals surface area contributed by atoms with E-state index in [1.165, 1.54) is 0 Å². The standard InChI is InChI=1S/C15H14BrCl2NO/c1-2-20-13-7-6-9(8-10(13)16)15(19)14-11(17)4-3-5-12(14)18/h3-8,15H,2,19H2,1H3. The molecule has 106 valence electrons. The summed E-state index contributed by atoms with van der Waals surface area (Å²) in [4.78, 5) is 0. The lowest BCUT2D eigenvalue weighted by molar-refractivity contribution is 0.338. The maximum atomic E-state index is 6.28. The van der Waals surface area contributed by atoms with Gasteiger partial charge in [-0.1, -0.05) is 35.3 Å². The van der Waals surface area contributed by atoms with E-state index in [-0.39, 0.29) is 6.04 Å². The molecule has 0 bridgehead atoms. The van der Waals surface area contributed by atoms with Crippen LogP contribution in [0.15, 0.2) is 40.9 Å². The van der Waals surface area contributed by atoms with E-state index in [9.17, 15) is 0 Å². The first-order chi connectivity index (χ1) is 9.54. The van der Waals surface area contributed by atoms with Gasteiger partial charge in [0.25, 0.3) is 0 Å². The number of halogens is 3. The molecule has 1 unspecified atom stereocenters. The number of hydrogen-bond donors (Lipinski definition) is 1. The Morgan fingerprint density at radius 2 is 1.85 bits per heavy atom. The Morgan fingerprint density at radius 1 is 1.20 bits per heavy atom. The molecule has 2 aromatic rings. The van der Waals surface area contributed by atoms with Crippen molar-refractivity contribution in [2.75, 3.05) is 6.61 Å². The lowest BCUT2D eigenvalue weighted by atomic mass is 9.99. The quantitative estimate of drug-likeness (QED) is 0.797. The summed E-state index contributed by atoms with van der Waals surface area (Å²) >= 11 is 15.9. The minimum absolute atomic E-state index is 0.386. The molecule has 2 N–H and O–H groups in total. The third-order valence-corrected chi connectivity index (χ3v) is 4.20. The van der Waals surface area contributed by atoms with Gasteiger partial charge in [0.15, 0.2) is 0 Å². The predicted octanol–water partition coefficient (Wildman–Crippen LogP) is 5.20. The molecule has 2 rings (SSSR count). The highest BCUT2D eigenvalue weighted by atomic mass is 79.9. The Kier molecular flexibility index (Phi) is 5.33. The lowest BCUT2D eigenvalue weighted by Crippen LogP contribution is -2.13. The molecular weight excluding hydrogens is 361 g/mol. The third-order valence-electron chi connectivity index (χ3n) is 2.93. The van der Waals surface area contributed by atoms with E-state index in [0.29, 0.717) is 16.7 Å². The minimum Gasteiger partial charge on any atom is -0.493 e. The Hall–Kier alpha value is -0.740. The fraction of sp³-hybridized carbons (Fsp3) is 0.200. The predicted molar refractivity (Wildman–Crippen MR) is 87.8 cm³/mol. The van der Waals surface area contributed by atoms with Gasteiger partial charge >= 0.3 is 0 Å². The van der Waals surface area contributed by atoms with E-state index >= 15 is 0 Å². The summed E-state index contributed by atoms with van der Waals surface area (Å²) in [5, 5.41) is 1.13. The molecule has 1 atom stereocenters. The molecule has 0 aromatic heterocycles. The zero-order valence-corrected chi connectivity index (χ0v) is 14.0. The fourth-order valence-electron chi connectivity index (χ4n) is 1.96. The van der Waals surface area contributed by atoms with Gasteiger partial charge in [-0.2, -0.15) is 0 Å². The van der Waals surface area contributed by atoms with E-state index in [1.807, 2.05) is 25.1 Å². The first kappa shape index (κ1) is 15.6. The van der Waals surface area contributed by atoms with Crippen LogP contribution in [0.4, 0.5) is 0 Å². The first-order valence-corrected chi connectivity index (χ1v) is 7.71. The monoisotopic (exact) mass is 373 g/mol. The second-order valence-electron chi connectivity index (χ2n) is 4.24. The molecule has 5 heteroatoms. The average molecular weight is 375 g/mol. The van der Waals surface area contributed by atoms with Crippen LogP contribution in [0.1, 0.15) is 24.1 Å². The van der Waals surface area contributed by atoms with E-state index in [4.69, 9.17) is 33.7 Å². The molecule has 0 spiro atoms. The van der Waals surface area contributed by atoms with Crippen LogP contribution in [0.25, 0.3) is 0 Å². The molecule has 0 aliphatic rings. The highest BCUT2D eigenvalue weighted by Gasteiger charge is 2.17. The SMILES string of the molecule is CCOc1ccc(C(N)c2c(Cl)cccc2Cl)cc1Br. The molecule has 0 aliphatic carbocycles. The Bertz CT molecular complexity index is 599. The van der Waals surface area contributed by atoms with Crippen LogP contribution >= 0.6 is 39.1 Å². The summed E-state index contributed by atoms with van der Waals surface area (Å²) in [5.74, 6) is 0.786. The third kappa shape index (κ3) is 3.29. The highest BCUT2D eigenvalue weighted by molar-refractivity contribution is 9.10. The van der Waals surface area contributed by atoms with Gasteiger partial charge in [-0.15, -0.1) is 0 Å².